The van der Waals surface area contributed by atoms with Crippen molar-refractivity contribution in [2.24, 2.45) is 0 Å². The van der Waals surface area contributed by atoms with Crippen LogP contribution in [0, 0.1) is 0 Å². The summed E-state index contributed by atoms with van der Waals surface area (Å²) in [6.07, 6.45) is 3.82. The van der Waals surface area contributed by atoms with Crippen molar-refractivity contribution in [2.75, 3.05) is 13.2 Å². The van der Waals surface area contributed by atoms with E-state index in [1.54, 1.807) is 0 Å². The molecule has 1 heterocycles. The molecule has 1 aliphatic rings. The number of hydrogen-bond acceptors (Lipinski definition) is 3. The molecule has 0 bridgehead atoms. The second-order valence-electron chi connectivity index (χ2n) is 5.13. The van der Waals surface area contributed by atoms with Crippen molar-refractivity contribution in [3.63, 3.8) is 0 Å². The van der Waals surface area contributed by atoms with Crippen molar-refractivity contribution in [2.45, 2.75) is 50.9 Å². The normalized spacial score (nSPS) is 21.1. The first-order valence-electron chi connectivity index (χ1n) is 7.29. The van der Waals surface area contributed by atoms with Gasteiger partial charge in [-0.1, -0.05) is 56.5 Å². The number of aliphatic hydroxyl groups is 1. The lowest BCUT2D eigenvalue weighted by Crippen LogP contribution is -2.27. The monoisotopic (exact) mass is 264 g/mol. The highest BCUT2D eigenvalue weighted by Gasteiger charge is 2.38. The molecule has 0 unspecified atom stereocenters. The van der Waals surface area contributed by atoms with Gasteiger partial charge < -0.3 is 14.6 Å². The van der Waals surface area contributed by atoms with Crippen LogP contribution in [-0.2, 0) is 9.47 Å². The van der Waals surface area contributed by atoms with Gasteiger partial charge in [0.2, 0.25) is 0 Å². The van der Waals surface area contributed by atoms with E-state index in [0.29, 0.717) is 13.2 Å². The molecule has 1 aromatic rings. The Morgan fingerprint density at radius 1 is 1.26 bits per heavy atom. The van der Waals surface area contributed by atoms with Gasteiger partial charge in [0.05, 0.1) is 6.61 Å². The zero-order valence-corrected chi connectivity index (χ0v) is 11.6. The Morgan fingerprint density at radius 2 is 2.00 bits per heavy atom. The number of epoxide rings is 1. The fraction of sp³-hybridized carbons (Fsp3) is 0.625. The summed E-state index contributed by atoms with van der Waals surface area (Å²) in [5.41, 5.74) is 1.03. The molecule has 2 rings (SSSR count). The Morgan fingerprint density at radius 3 is 2.63 bits per heavy atom. The van der Waals surface area contributed by atoms with E-state index in [0.717, 1.165) is 12.0 Å². The first-order chi connectivity index (χ1) is 9.33. The first-order valence-corrected chi connectivity index (χ1v) is 7.29. The predicted octanol–water partition coefficient (Wildman–Crippen LogP) is 3.08. The van der Waals surface area contributed by atoms with Crippen LogP contribution in [0.5, 0.6) is 0 Å². The lowest BCUT2D eigenvalue weighted by molar-refractivity contribution is -0.0508. The average molecular weight is 264 g/mol. The van der Waals surface area contributed by atoms with Crippen molar-refractivity contribution >= 4 is 0 Å². The molecule has 1 saturated heterocycles. The quantitative estimate of drug-likeness (QED) is 0.550. The molecule has 0 aromatic heterocycles. The molecule has 106 valence electrons. The largest absolute Gasteiger partial charge is 0.387 e. The number of hydrogen-bond donors (Lipinski definition) is 1. The topological polar surface area (TPSA) is 42.0 Å². The summed E-state index contributed by atoms with van der Waals surface area (Å²) in [7, 11) is 0. The lowest BCUT2D eigenvalue weighted by atomic mass is 10.0. The molecule has 0 amide bonds. The Balaban J connectivity index is 1.87. The van der Waals surface area contributed by atoms with Gasteiger partial charge in [-0.3, -0.25) is 0 Å². The Kier molecular flexibility index (Phi) is 5.83. The molecule has 1 N–H and O–H groups in total. The highest BCUT2D eigenvalue weighted by Crippen LogP contribution is 2.29. The van der Waals surface area contributed by atoms with Gasteiger partial charge >= 0.3 is 0 Å². The van der Waals surface area contributed by atoms with E-state index in [4.69, 9.17) is 9.47 Å². The average Bonchev–Trinajstić information content (AvgIpc) is 3.28. The second-order valence-corrected chi connectivity index (χ2v) is 5.13. The summed E-state index contributed by atoms with van der Waals surface area (Å²) in [6.45, 7) is 3.54. The summed E-state index contributed by atoms with van der Waals surface area (Å²) >= 11 is 0. The minimum Gasteiger partial charge on any atom is -0.387 e. The van der Waals surface area contributed by atoms with E-state index in [-0.39, 0.29) is 12.2 Å². The fourth-order valence-electron chi connectivity index (χ4n) is 2.22. The molecule has 0 spiro atoms. The zero-order chi connectivity index (χ0) is 13.5. The van der Waals surface area contributed by atoms with Gasteiger partial charge in [-0.15, -0.1) is 0 Å². The van der Waals surface area contributed by atoms with Gasteiger partial charge in [0.15, 0.2) is 0 Å². The number of ether oxygens (including phenoxy) is 2. The highest BCUT2D eigenvalue weighted by molar-refractivity contribution is 5.19. The fourth-order valence-corrected chi connectivity index (χ4v) is 2.22. The van der Waals surface area contributed by atoms with Gasteiger partial charge in [0.25, 0.3) is 0 Å². The molecule has 0 saturated carbocycles. The van der Waals surface area contributed by atoms with Gasteiger partial charge in [0, 0.05) is 6.61 Å². The third-order valence-electron chi connectivity index (χ3n) is 3.47. The minimum atomic E-state index is -0.562. The molecular weight excluding hydrogens is 240 g/mol. The summed E-state index contributed by atoms with van der Waals surface area (Å²) < 4.78 is 11.1. The molecular formula is C16H24O3. The maximum absolute atomic E-state index is 10.3. The third kappa shape index (κ3) is 4.60. The molecule has 3 heteroatoms. The van der Waals surface area contributed by atoms with E-state index >= 15 is 0 Å². The van der Waals surface area contributed by atoms with Gasteiger partial charge in [-0.25, -0.2) is 0 Å². The molecule has 0 aliphatic carbocycles. The summed E-state index contributed by atoms with van der Waals surface area (Å²) in [6, 6.07) is 9.93. The van der Waals surface area contributed by atoms with Gasteiger partial charge in [-0.2, -0.15) is 0 Å². The van der Waals surface area contributed by atoms with Crippen molar-refractivity contribution in [1.82, 2.24) is 0 Å². The number of aliphatic hydroxyl groups excluding tert-OH is 1. The van der Waals surface area contributed by atoms with Crippen LogP contribution in [0.1, 0.15) is 44.3 Å². The Hall–Kier alpha value is -0.900. The van der Waals surface area contributed by atoms with E-state index in [9.17, 15) is 5.11 Å². The van der Waals surface area contributed by atoms with Gasteiger partial charge in [0.1, 0.15) is 18.3 Å². The van der Waals surface area contributed by atoms with Crippen molar-refractivity contribution in [3.05, 3.63) is 35.9 Å². The van der Waals surface area contributed by atoms with Crippen LogP contribution in [0.25, 0.3) is 0 Å². The number of rotatable bonds is 9. The molecule has 0 radical (unpaired) electrons. The standard InChI is InChI=1S/C16H24O3/c1-2-3-4-8-11-18-16(15(17)14-12-19-14)13-9-6-5-7-10-13/h5-7,9-10,14-17H,2-4,8,11-12H2,1H3/t14-,15+,16-/m1/s1. The summed E-state index contributed by atoms with van der Waals surface area (Å²) in [4.78, 5) is 0. The van der Waals surface area contributed by atoms with Crippen LogP contribution >= 0.6 is 0 Å². The molecule has 1 aliphatic heterocycles. The maximum Gasteiger partial charge on any atom is 0.113 e. The molecule has 1 fully saturated rings. The third-order valence-corrected chi connectivity index (χ3v) is 3.47. The predicted molar refractivity (Wildman–Crippen MR) is 75.0 cm³/mol. The van der Waals surface area contributed by atoms with E-state index < -0.39 is 6.10 Å². The van der Waals surface area contributed by atoms with Crippen molar-refractivity contribution in [3.8, 4) is 0 Å². The Labute approximate surface area is 115 Å². The van der Waals surface area contributed by atoms with E-state index in [2.05, 4.69) is 6.92 Å². The van der Waals surface area contributed by atoms with Crippen LogP contribution in [0.4, 0.5) is 0 Å². The van der Waals surface area contributed by atoms with Crippen LogP contribution in [-0.4, -0.2) is 30.5 Å². The Bertz CT molecular complexity index is 348. The van der Waals surface area contributed by atoms with Gasteiger partial charge in [-0.05, 0) is 12.0 Å². The molecule has 19 heavy (non-hydrogen) atoms. The molecule has 3 atom stereocenters. The lowest BCUT2D eigenvalue weighted by Gasteiger charge is -2.22. The minimum absolute atomic E-state index is 0.0548. The van der Waals surface area contributed by atoms with E-state index in [1.165, 1.54) is 19.3 Å². The van der Waals surface area contributed by atoms with Crippen LogP contribution in [0.2, 0.25) is 0 Å². The second kappa shape index (κ2) is 7.63. The number of benzene rings is 1. The summed E-state index contributed by atoms with van der Waals surface area (Å²) in [5, 5.41) is 10.3. The number of unbranched alkanes of at least 4 members (excludes halogenated alkanes) is 3. The highest BCUT2D eigenvalue weighted by atomic mass is 16.6. The zero-order valence-electron chi connectivity index (χ0n) is 11.6. The smallest absolute Gasteiger partial charge is 0.113 e. The van der Waals surface area contributed by atoms with Crippen molar-refractivity contribution < 1.29 is 14.6 Å². The van der Waals surface area contributed by atoms with Crippen molar-refractivity contribution in [1.29, 1.82) is 0 Å². The van der Waals surface area contributed by atoms with E-state index in [1.807, 2.05) is 30.3 Å². The van der Waals surface area contributed by atoms with Crippen LogP contribution < -0.4 is 0 Å². The molecule has 3 nitrogen and oxygen atoms in total. The summed E-state index contributed by atoms with van der Waals surface area (Å²) in [5.74, 6) is 0. The maximum atomic E-state index is 10.3. The van der Waals surface area contributed by atoms with Crippen LogP contribution in [0.3, 0.4) is 0 Å². The first kappa shape index (κ1) is 14.5. The molecule has 1 aromatic carbocycles. The van der Waals surface area contributed by atoms with Crippen LogP contribution in [0.15, 0.2) is 30.3 Å². The SMILES string of the molecule is CCCCCCO[C@H](c1ccccc1)[C@@H](O)[C@H]1CO1.